The van der Waals surface area contributed by atoms with Crippen LogP contribution in [-0.2, 0) is 9.47 Å². The predicted molar refractivity (Wildman–Crippen MR) is 152 cm³/mol. The first-order chi connectivity index (χ1) is 18.5. The standard InChI is InChI=1S/C33H56O6/c1-19(2)7-6-8-20(3)24-11-12-25-23-10-9-21-17-22(13-15-32(21,4)26(23)14-16-33(24,25)5)38-31-30(37)29(36)28(35)27(18-34)39-31/h9,19-20,22-31,34-37H,6-8,10-18H2,1-5H3/t20?,22-,23?,24+,25?,26?,27+,28+,29-,30+,31+,32-,33+/m0/s1. The normalized spacial score (nSPS) is 48.7. The maximum absolute atomic E-state index is 10.5. The Morgan fingerprint density at radius 2 is 1.72 bits per heavy atom. The zero-order valence-corrected chi connectivity index (χ0v) is 25.1. The van der Waals surface area contributed by atoms with E-state index in [1.165, 1.54) is 56.9 Å². The summed E-state index contributed by atoms with van der Waals surface area (Å²) in [6.45, 7) is 12.0. The van der Waals surface area contributed by atoms with Crippen LogP contribution in [0, 0.1) is 46.3 Å². The van der Waals surface area contributed by atoms with Gasteiger partial charge in [-0.05, 0) is 97.7 Å². The summed E-state index contributed by atoms with van der Waals surface area (Å²) in [6.07, 6.45) is 9.98. The molecule has 39 heavy (non-hydrogen) atoms. The summed E-state index contributed by atoms with van der Waals surface area (Å²) in [5, 5.41) is 40.3. The minimum absolute atomic E-state index is 0.0984. The molecule has 0 bridgehead atoms. The first-order valence-corrected chi connectivity index (χ1v) is 16.1. The number of allylic oxidation sites excluding steroid dienone is 1. The van der Waals surface area contributed by atoms with Gasteiger partial charge in [0.2, 0.25) is 0 Å². The van der Waals surface area contributed by atoms with Crippen molar-refractivity contribution in [1.82, 2.24) is 0 Å². The van der Waals surface area contributed by atoms with Crippen molar-refractivity contribution in [1.29, 1.82) is 0 Å². The summed E-state index contributed by atoms with van der Waals surface area (Å²) in [7, 11) is 0. The second kappa shape index (κ2) is 11.6. The van der Waals surface area contributed by atoms with Crippen LogP contribution in [0.15, 0.2) is 11.6 Å². The smallest absolute Gasteiger partial charge is 0.186 e. The topological polar surface area (TPSA) is 99.4 Å². The van der Waals surface area contributed by atoms with Gasteiger partial charge < -0.3 is 29.9 Å². The predicted octanol–water partition coefficient (Wildman–Crippen LogP) is 5.21. The number of hydrogen-bond acceptors (Lipinski definition) is 6. The Bertz CT molecular complexity index is 872. The van der Waals surface area contributed by atoms with Gasteiger partial charge in [0.25, 0.3) is 0 Å². The first-order valence-electron chi connectivity index (χ1n) is 16.1. The summed E-state index contributed by atoms with van der Waals surface area (Å²) < 4.78 is 11.9. The lowest BCUT2D eigenvalue weighted by Crippen LogP contribution is -2.60. The third-order valence-corrected chi connectivity index (χ3v) is 12.4. The van der Waals surface area contributed by atoms with E-state index in [1.807, 2.05) is 0 Å². The molecular weight excluding hydrogens is 492 g/mol. The van der Waals surface area contributed by atoms with Crippen LogP contribution >= 0.6 is 0 Å². The summed E-state index contributed by atoms with van der Waals surface area (Å²) >= 11 is 0. The van der Waals surface area contributed by atoms with Crippen molar-refractivity contribution in [2.75, 3.05) is 6.61 Å². The maximum Gasteiger partial charge on any atom is 0.186 e. The van der Waals surface area contributed by atoms with Gasteiger partial charge >= 0.3 is 0 Å². The third-order valence-electron chi connectivity index (χ3n) is 12.4. The van der Waals surface area contributed by atoms with Gasteiger partial charge in [-0.3, -0.25) is 0 Å². The van der Waals surface area contributed by atoms with Crippen molar-refractivity contribution in [3.8, 4) is 0 Å². The molecule has 1 saturated heterocycles. The monoisotopic (exact) mass is 548 g/mol. The SMILES string of the molecule is CC(C)CCCC(C)[C@H]1CCC2C3CC=C4C[C@@H](O[C@@H]5O[C@H](CO)[C@@H](O)[C@H](O)[C@H]5O)CC[C@]4(C)C3CC[C@@]21C. The highest BCUT2D eigenvalue weighted by atomic mass is 16.7. The largest absolute Gasteiger partial charge is 0.394 e. The first kappa shape index (κ1) is 30.0. The van der Waals surface area contributed by atoms with E-state index in [0.29, 0.717) is 5.41 Å². The van der Waals surface area contributed by atoms with Gasteiger partial charge in [-0.25, -0.2) is 0 Å². The lowest BCUT2D eigenvalue weighted by atomic mass is 9.47. The minimum atomic E-state index is -1.39. The van der Waals surface area contributed by atoms with E-state index in [9.17, 15) is 20.4 Å². The second-order valence-electron chi connectivity index (χ2n) is 15.0. The fourth-order valence-corrected chi connectivity index (χ4v) is 10.1. The number of rotatable bonds is 8. The van der Waals surface area contributed by atoms with Crippen molar-refractivity contribution < 1.29 is 29.9 Å². The zero-order valence-electron chi connectivity index (χ0n) is 25.1. The second-order valence-corrected chi connectivity index (χ2v) is 15.0. The van der Waals surface area contributed by atoms with Gasteiger partial charge in [0.1, 0.15) is 24.4 Å². The highest BCUT2D eigenvalue weighted by molar-refractivity contribution is 5.25. The average molecular weight is 549 g/mol. The van der Waals surface area contributed by atoms with Gasteiger partial charge in [-0.1, -0.05) is 65.5 Å². The van der Waals surface area contributed by atoms with Crippen LogP contribution in [0.5, 0.6) is 0 Å². The van der Waals surface area contributed by atoms with E-state index in [2.05, 4.69) is 40.7 Å². The molecule has 0 aromatic heterocycles. The molecule has 0 aromatic rings. The van der Waals surface area contributed by atoms with Crippen LogP contribution in [0.2, 0.25) is 0 Å². The van der Waals surface area contributed by atoms with Crippen LogP contribution in [0.4, 0.5) is 0 Å². The highest BCUT2D eigenvalue weighted by Gasteiger charge is 2.59. The van der Waals surface area contributed by atoms with Crippen molar-refractivity contribution in [2.45, 2.75) is 142 Å². The molecule has 3 saturated carbocycles. The molecule has 4 unspecified atom stereocenters. The Kier molecular flexibility index (Phi) is 8.95. The molecule has 0 radical (unpaired) electrons. The molecule has 5 aliphatic rings. The number of aliphatic hydroxyl groups is 4. The van der Waals surface area contributed by atoms with Crippen LogP contribution in [-0.4, -0.2) is 63.8 Å². The Morgan fingerprint density at radius 3 is 2.44 bits per heavy atom. The molecule has 6 nitrogen and oxygen atoms in total. The molecule has 13 atom stereocenters. The average Bonchev–Trinajstić information content (AvgIpc) is 3.26. The van der Waals surface area contributed by atoms with Crippen LogP contribution in [0.1, 0.15) is 105 Å². The van der Waals surface area contributed by atoms with Crippen LogP contribution in [0.25, 0.3) is 0 Å². The third kappa shape index (κ3) is 5.41. The van der Waals surface area contributed by atoms with Crippen LogP contribution in [0.3, 0.4) is 0 Å². The molecule has 1 aliphatic heterocycles. The molecule has 224 valence electrons. The number of aliphatic hydroxyl groups excluding tert-OH is 4. The van der Waals surface area contributed by atoms with E-state index >= 15 is 0 Å². The van der Waals surface area contributed by atoms with E-state index in [-0.39, 0.29) is 11.5 Å². The van der Waals surface area contributed by atoms with Gasteiger partial charge in [0.15, 0.2) is 6.29 Å². The van der Waals surface area contributed by atoms with Crippen molar-refractivity contribution in [2.24, 2.45) is 46.3 Å². The molecule has 4 aliphatic carbocycles. The molecule has 6 heteroatoms. The van der Waals surface area contributed by atoms with Crippen molar-refractivity contribution in [3.05, 3.63) is 11.6 Å². The Hall–Kier alpha value is -0.500. The van der Waals surface area contributed by atoms with Crippen molar-refractivity contribution >= 4 is 0 Å². The lowest BCUT2D eigenvalue weighted by Gasteiger charge is -2.58. The van der Waals surface area contributed by atoms with Gasteiger partial charge in [-0.15, -0.1) is 0 Å². The molecule has 0 aromatic carbocycles. The summed E-state index contributed by atoms with van der Waals surface area (Å²) in [5.74, 6) is 4.87. The summed E-state index contributed by atoms with van der Waals surface area (Å²) in [5.41, 5.74) is 2.20. The fraction of sp³-hybridized carbons (Fsp3) is 0.939. The minimum Gasteiger partial charge on any atom is -0.394 e. The molecule has 4 N–H and O–H groups in total. The zero-order chi connectivity index (χ0) is 28.1. The molecular formula is C33H56O6. The van der Waals surface area contributed by atoms with Crippen LogP contribution < -0.4 is 0 Å². The number of fused-ring (bicyclic) bond motifs is 5. The molecule has 5 rings (SSSR count). The quantitative estimate of drug-likeness (QED) is 0.311. The van der Waals surface area contributed by atoms with E-state index in [4.69, 9.17) is 9.47 Å². The Morgan fingerprint density at radius 1 is 0.949 bits per heavy atom. The molecule has 1 heterocycles. The summed E-state index contributed by atoms with van der Waals surface area (Å²) in [6, 6.07) is 0. The summed E-state index contributed by atoms with van der Waals surface area (Å²) in [4.78, 5) is 0. The van der Waals surface area contributed by atoms with E-state index in [1.54, 1.807) is 0 Å². The molecule has 4 fully saturated rings. The lowest BCUT2D eigenvalue weighted by molar-refractivity contribution is -0.313. The highest BCUT2D eigenvalue weighted by Crippen LogP contribution is 2.67. The van der Waals surface area contributed by atoms with Crippen molar-refractivity contribution in [3.63, 3.8) is 0 Å². The fourth-order valence-electron chi connectivity index (χ4n) is 10.1. The van der Waals surface area contributed by atoms with Gasteiger partial charge in [0, 0.05) is 0 Å². The van der Waals surface area contributed by atoms with E-state index in [0.717, 1.165) is 54.8 Å². The van der Waals surface area contributed by atoms with Gasteiger partial charge in [-0.2, -0.15) is 0 Å². The number of hydrogen-bond donors (Lipinski definition) is 4. The number of ether oxygens (including phenoxy) is 2. The molecule has 0 spiro atoms. The Balaban J connectivity index is 1.24. The molecule has 0 amide bonds. The maximum atomic E-state index is 10.5. The Labute approximate surface area is 236 Å². The van der Waals surface area contributed by atoms with Gasteiger partial charge in [0.05, 0.1) is 12.7 Å². The van der Waals surface area contributed by atoms with E-state index < -0.39 is 37.3 Å².